The number of piperidine rings is 1. The minimum Gasteiger partial charge on any atom is -0.329 e. The first-order valence-electron chi connectivity index (χ1n) is 9.01. The summed E-state index contributed by atoms with van der Waals surface area (Å²) in [6, 6.07) is 0. The highest BCUT2D eigenvalue weighted by atomic mass is 15.2. The molecule has 1 rings (SSSR count). The molecule has 0 bridgehead atoms. The standard InChI is InChI=1S/C18H38N2/c1-5-8-9-10-11-17(4,16-19)20-14-12-18(6-2,7-3)13-15-20/h5-16,19H2,1-4H3. The van der Waals surface area contributed by atoms with Gasteiger partial charge in [0.25, 0.3) is 0 Å². The van der Waals surface area contributed by atoms with Gasteiger partial charge >= 0.3 is 0 Å². The van der Waals surface area contributed by atoms with Crippen molar-refractivity contribution in [2.24, 2.45) is 11.1 Å². The van der Waals surface area contributed by atoms with Crippen LogP contribution >= 0.6 is 0 Å². The number of unbranched alkanes of at least 4 members (excludes halogenated alkanes) is 3. The Bertz CT molecular complexity index is 250. The van der Waals surface area contributed by atoms with E-state index in [1.165, 1.54) is 70.9 Å². The van der Waals surface area contributed by atoms with E-state index < -0.39 is 0 Å². The molecule has 0 radical (unpaired) electrons. The van der Waals surface area contributed by atoms with Gasteiger partial charge in [0.05, 0.1) is 0 Å². The third kappa shape index (κ3) is 4.46. The topological polar surface area (TPSA) is 29.3 Å². The lowest BCUT2D eigenvalue weighted by molar-refractivity contribution is 0.0195. The summed E-state index contributed by atoms with van der Waals surface area (Å²) in [7, 11) is 0. The molecule has 120 valence electrons. The molecule has 0 aliphatic carbocycles. The van der Waals surface area contributed by atoms with Crippen LogP contribution < -0.4 is 5.73 Å². The van der Waals surface area contributed by atoms with Crippen LogP contribution in [0.1, 0.15) is 85.5 Å². The molecule has 1 saturated heterocycles. The largest absolute Gasteiger partial charge is 0.329 e. The molecular formula is C18H38N2. The number of rotatable bonds is 9. The summed E-state index contributed by atoms with van der Waals surface area (Å²) < 4.78 is 0. The molecular weight excluding hydrogens is 244 g/mol. The van der Waals surface area contributed by atoms with Crippen LogP contribution in [0.25, 0.3) is 0 Å². The first kappa shape index (κ1) is 18.0. The zero-order valence-electron chi connectivity index (χ0n) is 14.5. The zero-order valence-corrected chi connectivity index (χ0v) is 14.5. The predicted molar refractivity (Wildman–Crippen MR) is 90.0 cm³/mol. The third-order valence-corrected chi connectivity index (χ3v) is 6.10. The monoisotopic (exact) mass is 282 g/mol. The maximum atomic E-state index is 6.14. The van der Waals surface area contributed by atoms with E-state index in [-0.39, 0.29) is 5.54 Å². The Morgan fingerprint density at radius 3 is 2.05 bits per heavy atom. The summed E-state index contributed by atoms with van der Waals surface area (Å²) in [5.41, 5.74) is 7.00. The van der Waals surface area contributed by atoms with Crippen molar-refractivity contribution in [2.45, 2.75) is 91.0 Å². The van der Waals surface area contributed by atoms with Crippen LogP contribution in [0.3, 0.4) is 0 Å². The van der Waals surface area contributed by atoms with Crippen LogP contribution in [-0.2, 0) is 0 Å². The second-order valence-electron chi connectivity index (χ2n) is 7.21. The van der Waals surface area contributed by atoms with Crippen LogP contribution in [-0.4, -0.2) is 30.1 Å². The molecule has 1 atom stereocenters. The molecule has 0 aromatic heterocycles. The quantitative estimate of drug-likeness (QED) is 0.627. The van der Waals surface area contributed by atoms with Crippen molar-refractivity contribution < 1.29 is 0 Å². The minimum atomic E-state index is 0.237. The maximum absolute atomic E-state index is 6.14. The van der Waals surface area contributed by atoms with Crippen LogP contribution in [0.4, 0.5) is 0 Å². The zero-order chi connectivity index (χ0) is 15.1. The van der Waals surface area contributed by atoms with Crippen molar-refractivity contribution in [3.05, 3.63) is 0 Å². The fraction of sp³-hybridized carbons (Fsp3) is 1.00. The Morgan fingerprint density at radius 2 is 1.60 bits per heavy atom. The van der Waals surface area contributed by atoms with E-state index in [1.807, 2.05) is 0 Å². The first-order valence-corrected chi connectivity index (χ1v) is 9.01. The average molecular weight is 283 g/mol. The van der Waals surface area contributed by atoms with Crippen LogP contribution in [0, 0.1) is 5.41 Å². The predicted octanol–water partition coefficient (Wildman–Crippen LogP) is 4.58. The van der Waals surface area contributed by atoms with E-state index in [2.05, 4.69) is 32.6 Å². The Balaban J connectivity index is 2.50. The van der Waals surface area contributed by atoms with E-state index >= 15 is 0 Å². The average Bonchev–Trinajstić information content (AvgIpc) is 2.51. The van der Waals surface area contributed by atoms with Crippen LogP contribution in [0.5, 0.6) is 0 Å². The molecule has 1 aliphatic rings. The summed E-state index contributed by atoms with van der Waals surface area (Å²) in [6.07, 6.45) is 12.1. The van der Waals surface area contributed by atoms with Crippen LogP contribution in [0.2, 0.25) is 0 Å². The molecule has 0 spiro atoms. The normalized spacial score (nSPS) is 22.6. The molecule has 2 heteroatoms. The van der Waals surface area contributed by atoms with Gasteiger partial charge in [0.2, 0.25) is 0 Å². The van der Waals surface area contributed by atoms with Gasteiger partial charge in [0.1, 0.15) is 0 Å². The molecule has 1 heterocycles. The molecule has 1 aliphatic heterocycles. The lowest BCUT2D eigenvalue weighted by Gasteiger charge is -2.48. The van der Waals surface area contributed by atoms with Gasteiger partial charge in [0.15, 0.2) is 0 Å². The number of hydrogen-bond acceptors (Lipinski definition) is 2. The Labute approximate surface area is 127 Å². The lowest BCUT2D eigenvalue weighted by atomic mass is 9.73. The van der Waals surface area contributed by atoms with Gasteiger partial charge in [-0.1, -0.05) is 59.3 Å². The second-order valence-corrected chi connectivity index (χ2v) is 7.21. The molecule has 1 unspecified atom stereocenters. The number of nitrogens with zero attached hydrogens (tertiary/aromatic N) is 1. The molecule has 2 N–H and O–H groups in total. The van der Waals surface area contributed by atoms with Gasteiger partial charge in [0, 0.05) is 12.1 Å². The van der Waals surface area contributed by atoms with Gasteiger partial charge in [-0.05, 0) is 44.7 Å². The Kier molecular flexibility index (Phi) is 7.53. The molecule has 0 amide bonds. The first-order chi connectivity index (χ1) is 9.55. The van der Waals surface area contributed by atoms with Gasteiger partial charge in [-0.3, -0.25) is 4.90 Å². The lowest BCUT2D eigenvalue weighted by Crippen LogP contribution is -2.55. The van der Waals surface area contributed by atoms with Crippen molar-refractivity contribution in [3.8, 4) is 0 Å². The Morgan fingerprint density at radius 1 is 1.00 bits per heavy atom. The van der Waals surface area contributed by atoms with Crippen molar-refractivity contribution in [3.63, 3.8) is 0 Å². The molecule has 1 fully saturated rings. The fourth-order valence-corrected chi connectivity index (χ4v) is 3.80. The van der Waals surface area contributed by atoms with E-state index in [0.29, 0.717) is 5.41 Å². The van der Waals surface area contributed by atoms with E-state index in [0.717, 1.165) is 6.54 Å². The van der Waals surface area contributed by atoms with Gasteiger partial charge < -0.3 is 5.73 Å². The summed E-state index contributed by atoms with van der Waals surface area (Å²) in [6.45, 7) is 12.7. The van der Waals surface area contributed by atoms with Crippen molar-refractivity contribution in [1.82, 2.24) is 4.90 Å². The smallest absolute Gasteiger partial charge is 0.0303 e. The van der Waals surface area contributed by atoms with Crippen LogP contribution in [0.15, 0.2) is 0 Å². The molecule has 2 nitrogen and oxygen atoms in total. The molecule has 20 heavy (non-hydrogen) atoms. The summed E-state index contributed by atoms with van der Waals surface area (Å²) in [5, 5.41) is 0. The summed E-state index contributed by atoms with van der Waals surface area (Å²) in [5.74, 6) is 0. The molecule has 0 saturated carbocycles. The summed E-state index contributed by atoms with van der Waals surface area (Å²) in [4.78, 5) is 2.70. The maximum Gasteiger partial charge on any atom is 0.0303 e. The van der Waals surface area contributed by atoms with Gasteiger partial charge in [-0.15, -0.1) is 0 Å². The fourth-order valence-electron chi connectivity index (χ4n) is 3.80. The number of nitrogens with two attached hydrogens (primary N) is 1. The van der Waals surface area contributed by atoms with E-state index in [9.17, 15) is 0 Å². The number of likely N-dealkylation sites (tertiary alicyclic amines) is 1. The SMILES string of the molecule is CCCCCCC(C)(CN)N1CCC(CC)(CC)CC1. The highest BCUT2D eigenvalue weighted by Gasteiger charge is 2.37. The minimum absolute atomic E-state index is 0.237. The highest BCUT2D eigenvalue weighted by molar-refractivity contribution is 4.93. The summed E-state index contributed by atoms with van der Waals surface area (Å²) >= 11 is 0. The highest BCUT2D eigenvalue weighted by Crippen LogP contribution is 2.40. The molecule has 0 aromatic carbocycles. The van der Waals surface area contributed by atoms with Crippen molar-refractivity contribution in [1.29, 1.82) is 0 Å². The molecule has 0 aromatic rings. The number of hydrogen-bond donors (Lipinski definition) is 1. The van der Waals surface area contributed by atoms with Gasteiger partial charge in [-0.25, -0.2) is 0 Å². The van der Waals surface area contributed by atoms with Gasteiger partial charge in [-0.2, -0.15) is 0 Å². The van der Waals surface area contributed by atoms with E-state index in [1.54, 1.807) is 0 Å². The third-order valence-electron chi connectivity index (χ3n) is 6.10. The Hall–Kier alpha value is -0.0800. The second kappa shape index (κ2) is 8.38. The van der Waals surface area contributed by atoms with Crippen molar-refractivity contribution >= 4 is 0 Å². The van der Waals surface area contributed by atoms with Crippen molar-refractivity contribution in [2.75, 3.05) is 19.6 Å². The van der Waals surface area contributed by atoms with E-state index in [4.69, 9.17) is 5.73 Å².